The highest BCUT2D eigenvalue weighted by atomic mass is 16.6. The molecule has 2 N–H and O–H groups in total. The van der Waals surface area contributed by atoms with E-state index in [1.165, 1.54) is 4.90 Å². The summed E-state index contributed by atoms with van der Waals surface area (Å²) in [6.07, 6.45) is 2.76. The Labute approximate surface area is 227 Å². The third-order valence-electron chi connectivity index (χ3n) is 5.40. The first kappa shape index (κ1) is 30.4. The van der Waals surface area contributed by atoms with Gasteiger partial charge in [0.05, 0.1) is 0 Å². The van der Waals surface area contributed by atoms with E-state index in [2.05, 4.69) is 23.8 Å². The molecule has 2 rings (SSSR count). The van der Waals surface area contributed by atoms with Crippen molar-refractivity contribution in [2.45, 2.75) is 71.2 Å². The average Bonchev–Trinajstić information content (AvgIpc) is 2.81. The van der Waals surface area contributed by atoms with Gasteiger partial charge in [0.15, 0.2) is 0 Å². The number of nitrogens with one attached hydrogen (secondary N) is 2. The Morgan fingerprint density at radius 1 is 0.974 bits per heavy atom. The fourth-order valence-corrected chi connectivity index (χ4v) is 3.93. The molecule has 7 heteroatoms. The predicted octanol–water partition coefficient (Wildman–Crippen LogP) is 5.44. The summed E-state index contributed by atoms with van der Waals surface area (Å²) in [5, 5.41) is 5.75. The van der Waals surface area contributed by atoms with Gasteiger partial charge in [0.1, 0.15) is 17.7 Å². The molecule has 0 saturated carbocycles. The minimum Gasteiger partial charge on any atom is -0.444 e. The Bertz CT molecular complexity index is 1130. The number of hydrogen-bond acceptors (Lipinski definition) is 4. The van der Waals surface area contributed by atoms with Gasteiger partial charge < -0.3 is 20.3 Å². The van der Waals surface area contributed by atoms with Gasteiger partial charge in [0.2, 0.25) is 11.8 Å². The predicted molar refractivity (Wildman–Crippen MR) is 152 cm³/mol. The average molecular weight is 520 g/mol. The van der Waals surface area contributed by atoms with Crippen LogP contribution >= 0.6 is 0 Å². The maximum absolute atomic E-state index is 14.2. The lowest BCUT2D eigenvalue weighted by Crippen LogP contribution is -2.55. The smallest absolute Gasteiger partial charge is 0.408 e. The Balaban J connectivity index is 2.57. The first-order valence-electron chi connectivity index (χ1n) is 12.7. The molecule has 0 aliphatic rings. The van der Waals surface area contributed by atoms with Gasteiger partial charge >= 0.3 is 6.09 Å². The first-order valence-corrected chi connectivity index (χ1v) is 12.7. The lowest BCUT2D eigenvalue weighted by molar-refractivity contribution is -0.142. The fourth-order valence-electron chi connectivity index (χ4n) is 3.93. The summed E-state index contributed by atoms with van der Waals surface area (Å²) < 4.78 is 5.45. The molecule has 0 spiro atoms. The maximum Gasteiger partial charge on any atom is 0.408 e. The van der Waals surface area contributed by atoms with Gasteiger partial charge in [-0.05, 0) is 64.3 Å². The molecule has 0 radical (unpaired) electrons. The summed E-state index contributed by atoms with van der Waals surface area (Å²) in [7, 11) is 0. The van der Waals surface area contributed by atoms with Crippen molar-refractivity contribution in [3.05, 3.63) is 90.5 Å². The van der Waals surface area contributed by atoms with Crippen LogP contribution < -0.4 is 10.6 Å². The minimum absolute atomic E-state index is 0.0840. The summed E-state index contributed by atoms with van der Waals surface area (Å²) in [6, 6.07) is 14.7. The zero-order chi connectivity index (χ0) is 28.5. The second-order valence-corrected chi connectivity index (χ2v) is 11.2. The molecule has 2 unspecified atom stereocenters. The van der Waals surface area contributed by atoms with Crippen molar-refractivity contribution in [1.29, 1.82) is 0 Å². The standard InChI is InChI=1S/C31H41N3O4/c1-9-19-34(26(27(35)33-30(3,4)5)24-18-14-17-22(10-2)20-24)28(36)25(21-23-15-12-11-13-16-23)32-29(37)38-31(6,7)8/h9-18,20,25-26H,1-2,19,21H2,3-8H3,(H,32,37)(H,33,35). The normalized spacial score (nSPS) is 13.0. The van der Waals surface area contributed by atoms with E-state index >= 15 is 0 Å². The maximum atomic E-state index is 14.2. The number of carbonyl (C=O) groups is 3. The molecule has 2 aromatic carbocycles. The zero-order valence-corrected chi connectivity index (χ0v) is 23.4. The van der Waals surface area contributed by atoms with Crippen molar-refractivity contribution in [2.24, 2.45) is 0 Å². The van der Waals surface area contributed by atoms with Crippen molar-refractivity contribution in [1.82, 2.24) is 15.5 Å². The minimum atomic E-state index is -0.986. The topological polar surface area (TPSA) is 87.7 Å². The molecule has 38 heavy (non-hydrogen) atoms. The zero-order valence-electron chi connectivity index (χ0n) is 23.4. The molecule has 0 aromatic heterocycles. The molecule has 3 amide bonds. The molecule has 0 aliphatic heterocycles. The Morgan fingerprint density at radius 2 is 1.63 bits per heavy atom. The highest BCUT2D eigenvalue weighted by Crippen LogP contribution is 2.25. The van der Waals surface area contributed by atoms with E-state index in [9.17, 15) is 14.4 Å². The van der Waals surface area contributed by atoms with Crippen LogP contribution in [0.4, 0.5) is 4.79 Å². The van der Waals surface area contributed by atoms with E-state index < -0.39 is 35.2 Å². The van der Waals surface area contributed by atoms with Crippen LogP contribution in [-0.2, 0) is 20.7 Å². The summed E-state index contributed by atoms with van der Waals surface area (Å²) in [5.41, 5.74) is 1.01. The van der Waals surface area contributed by atoms with Gasteiger partial charge in [-0.1, -0.05) is 67.3 Å². The number of hydrogen-bond donors (Lipinski definition) is 2. The van der Waals surface area contributed by atoms with Gasteiger partial charge in [-0.2, -0.15) is 0 Å². The molecular formula is C31H41N3O4. The molecule has 0 heterocycles. The second kappa shape index (κ2) is 13.1. The Hall–Kier alpha value is -3.87. The lowest BCUT2D eigenvalue weighted by atomic mass is 9.97. The fraction of sp³-hybridized carbons (Fsp3) is 0.387. The third kappa shape index (κ3) is 9.54. The van der Waals surface area contributed by atoms with E-state index in [1.54, 1.807) is 39.0 Å². The van der Waals surface area contributed by atoms with E-state index in [4.69, 9.17) is 4.74 Å². The van der Waals surface area contributed by atoms with Gasteiger partial charge in [-0.25, -0.2) is 4.79 Å². The van der Waals surface area contributed by atoms with Crippen LogP contribution in [0.25, 0.3) is 6.08 Å². The van der Waals surface area contributed by atoms with E-state index in [1.807, 2.05) is 69.3 Å². The van der Waals surface area contributed by atoms with Gasteiger partial charge in [-0.3, -0.25) is 9.59 Å². The third-order valence-corrected chi connectivity index (χ3v) is 5.40. The number of nitrogens with zero attached hydrogens (tertiary/aromatic N) is 1. The van der Waals surface area contributed by atoms with Crippen LogP contribution in [0.15, 0.2) is 73.8 Å². The quantitative estimate of drug-likeness (QED) is 0.410. The summed E-state index contributed by atoms with van der Waals surface area (Å²) >= 11 is 0. The highest BCUT2D eigenvalue weighted by Gasteiger charge is 2.37. The van der Waals surface area contributed by atoms with E-state index in [0.717, 1.165) is 11.1 Å². The Morgan fingerprint density at radius 3 is 2.18 bits per heavy atom. The number of rotatable bonds is 10. The van der Waals surface area contributed by atoms with E-state index in [0.29, 0.717) is 5.56 Å². The molecule has 0 bridgehead atoms. The molecule has 0 fully saturated rings. The van der Waals surface area contributed by atoms with Gasteiger partial charge in [-0.15, -0.1) is 6.58 Å². The monoisotopic (exact) mass is 519 g/mol. The van der Waals surface area contributed by atoms with Crippen LogP contribution in [0.2, 0.25) is 0 Å². The summed E-state index contributed by atoms with van der Waals surface area (Å²) in [5.74, 6) is -0.776. The van der Waals surface area contributed by atoms with E-state index in [-0.39, 0.29) is 18.9 Å². The SMILES string of the molecule is C=CCN(C(=O)C(Cc1ccccc1)NC(=O)OC(C)(C)C)C(C(=O)NC(C)(C)C)c1cccc(C=C)c1. The number of ether oxygens (including phenoxy) is 1. The second-order valence-electron chi connectivity index (χ2n) is 11.2. The molecular weight excluding hydrogens is 478 g/mol. The molecule has 2 aromatic rings. The van der Waals surface area contributed by atoms with Gasteiger partial charge in [0.25, 0.3) is 0 Å². The number of alkyl carbamates (subject to hydrolysis) is 1. The highest BCUT2D eigenvalue weighted by molar-refractivity contribution is 5.92. The lowest BCUT2D eigenvalue weighted by Gasteiger charge is -2.35. The van der Waals surface area contributed by atoms with Crippen molar-refractivity contribution >= 4 is 24.0 Å². The van der Waals surface area contributed by atoms with Crippen LogP contribution in [0.1, 0.15) is 64.3 Å². The van der Waals surface area contributed by atoms with Crippen LogP contribution in [0.5, 0.6) is 0 Å². The molecule has 0 aliphatic carbocycles. The number of benzene rings is 2. The van der Waals surface area contributed by atoms with Crippen LogP contribution in [-0.4, -0.2) is 46.5 Å². The van der Waals surface area contributed by atoms with Crippen LogP contribution in [0.3, 0.4) is 0 Å². The summed E-state index contributed by atoms with van der Waals surface area (Å²) in [6.45, 7) is 18.6. The molecule has 204 valence electrons. The van der Waals surface area contributed by atoms with Crippen LogP contribution in [0, 0.1) is 0 Å². The largest absolute Gasteiger partial charge is 0.444 e. The summed E-state index contributed by atoms with van der Waals surface area (Å²) in [4.78, 5) is 42.1. The molecule has 2 atom stereocenters. The van der Waals surface area contributed by atoms with Crippen molar-refractivity contribution in [3.8, 4) is 0 Å². The van der Waals surface area contributed by atoms with Crippen molar-refractivity contribution in [3.63, 3.8) is 0 Å². The van der Waals surface area contributed by atoms with Crippen molar-refractivity contribution < 1.29 is 19.1 Å². The molecule has 7 nitrogen and oxygen atoms in total. The number of amides is 3. The van der Waals surface area contributed by atoms with Gasteiger partial charge in [0, 0.05) is 18.5 Å². The van der Waals surface area contributed by atoms with Crippen molar-refractivity contribution in [2.75, 3.05) is 6.54 Å². The molecule has 0 saturated heterocycles. The Kier molecular flexibility index (Phi) is 10.5. The first-order chi connectivity index (χ1) is 17.7. The number of carbonyl (C=O) groups excluding carboxylic acids is 3.